The quantitative estimate of drug-likeness (QED) is 0.870. The lowest BCUT2D eigenvalue weighted by Crippen LogP contribution is -2.17. The Labute approximate surface area is 106 Å². The monoisotopic (exact) mass is 266 g/mol. The summed E-state index contributed by atoms with van der Waals surface area (Å²) in [6.45, 7) is 1.89. The van der Waals surface area contributed by atoms with Crippen LogP contribution in [0.1, 0.15) is 5.56 Å². The van der Waals surface area contributed by atoms with Crippen LogP contribution in [0.3, 0.4) is 0 Å². The molecule has 0 aliphatic rings. The van der Waals surface area contributed by atoms with E-state index in [9.17, 15) is 8.42 Å². The molecule has 2 rings (SSSR count). The molecule has 0 saturated heterocycles. The topological polar surface area (TPSA) is 90.0 Å². The van der Waals surface area contributed by atoms with Crippen molar-refractivity contribution in [1.29, 1.82) is 0 Å². The molecule has 1 aromatic heterocycles. The summed E-state index contributed by atoms with van der Waals surface area (Å²) in [5.74, 6) is -0.0161. The van der Waals surface area contributed by atoms with Crippen molar-refractivity contribution in [2.24, 2.45) is 7.05 Å². The lowest BCUT2D eigenvalue weighted by Gasteiger charge is -2.09. The van der Waals surface area contributed by atoms with E-state index in [0.29, 0.717) is 5.69 Å². The van der Waals surface area contributed by atoms with Gasteiger partial charge in [0.2, 0.25) is 0 Å². The van der Waals surface area contributed by atoms with Crippen molar-refractivity contribution < 1.29 is 8.42 Å². The maximum Gasteiger partial charge on any atom is 0.281 e. The van der Waals surface area contributed by atoms with Crippen molar-refractivity contribution in [2.45, 2.75) is 11.9 Å². The van der Waals surface area contributed by atoms with Crippen LogP contribution in [0.4, 0.5) is 11.5 Å². The number of sulfonamides is 1. The number of rotatable bonds is 3. The number of hydrogen-bond donors (Lipinski definition) is 2. The summed E-state index contributed by atoms with van der Waals surface area (Å²) >= 11 is 0. The van der Waals surface area contributed by atoms with Gasteiger partial charge < -0.3 is 10.3 Å². The molecule has 0 amide bonds. The van der Waals surface area contributed by atoms with E-state index in [1.54, 1.807) is 25.2 Å². The van der Waals surface area contributed by atoms with E-state index in [2.05, 4.69) is 9.71 Å². The number of nitrogens with zero attached hydrogens (tertiary/aromatic N) is 2. The zero-order valence-corrected chi connectivity index (χ0v) is 10.9. The highest BCUT2D eigenvalue weighted by molar-refractivity contribution is 7.92. The van der Waals surface area contributed by atoms with E-state index in [-0.39, 0.29) is 10.8 Å². The molecule has 0 fully saturated rings. The Morgan fingerprint density at radius 2 is 2.11 bits per heavy atom. The third kappa shape index (κ3) is 2.30. The molecule has 0 radical (unpaired) electrons. The Bertz CT molecular complexity index is 657. The summed E-state index contributed by atoms with van der Waals surface area (Å²) in [6.07, 6.45) is 1.36. The van der Waals surface area contributed by atoms with Gasteiger partial charge in [0.15, 0.2) is 10.8 Å². The Morgan fingerprint density at radius 1 is 1.39 bits per heavy atom. The number of imidazole rings is 1. The van der Waals surface area contributed by atoms with E-state index >= 15 is 0 Å². The fraction of sp³-hybridized carbons (Fsp3) is 0.182. The first kappa shape index (κ1) is 12.4. The van der Waals surface area contributed by atoms with E-state index in [4.69, 9.17) is 5.73 Å². The van der Waals surface area contributed by atoms with Crippen molar-refractivity contribution in [1.82, 2.24) is 9.55 Å². The molecule has 1 aromatic carbocycles. The molecule has 0 aliphatic heterocycles. The second-order valence-corrected chi connectivity index (χ2v) is 5.62. The molecular weight excluding hydrogens is 252 g/mol. The van der Waals surface area contributed by atoms with Crippen LogP contribution in [-0.4, -0.2) is 18.0 Å². The van der Waals surface area contributed by atoms with Gasteiger partial charge in [-0.25, -0.2) is 4.98 Å². The highest BCUT2D eigenvalue weighted by atomic mass is 32.2. The minimum Gasteiger partial charge on any atom is -0.381 e. The van der Waals surface area contributed by atoms with Gasteiger partial charge in [-0.2, -0.15) is 8.42 Å². The van der Waals surface area contributed by atoms with Gasteiger partial charge in [-0.1, -0.05) is 12.1 Å². The molecule has 96 valence electrons. The second-order valence-electron chi connectivity index (χ2n) is 4.02. The second kappa shape index (κ2) is 4.34. The molecule has 0 unspecified atom stereocenters. The third-order valence-electron chi connectivity index (χ3n) is 2.43. The maximum atomic E-state index is 12.2. The molecule has 0 spiro atoms. The zero-order valence-electron chi connectivity index (χ0n) is 10.1. The third-order valence-corrected chi connectivity index (χ3v) is 3.94. The summed E-state index contributed by atoms with van der Waals surface area (Å²) < 4.78 is 28.2. The lowest BCUT2D eigenvalue weighted by atomic mass is 10.2. The van der Waals surface area contributed by atoms with Crippen molar-refractivity contribution in [3.05, 3.63) is 36.2 Å². The average molecular weight is 266 g/mol. The molecule has 0 aliphatic carbocycles. The van der Waals surface area contributed by atoms with Gasteiger partial charge in [0, 0.05) is 12.7 Å². The number of nitrogen functional groups attached to an aromatic ring is 1. The first-order valence-corrected chi connectivity index (χ1v) is 6.75. The van der Waals surface area contributed by atoms with Gasteiger partial charge in [0.1, 0.15) is 0 Å². The highest BCUT2D eigenvalue weighted by Crippen LogP contribution is 2.20. The van der Waals surface area contributed by atoms with Crippen LogP contribution in [0.2, 0.25) is 0 Å². The number of benzene rings is 1. The largest absolute Gasteiger partial charge is 0.381 e. The van der Waals surface area contributed by atoms with Gasteiger partial charge in [-0.05, 0) is 24.6 Å². The predicted octanol–water partition coefficient (Wildman–Crippen LogP) is 1.11. The van der Waals surface area contributed by atoms with Crippen molar-refractivity contribution >= 4 is 21.5 Å². The molecule has 0 atom stereocenters. The van der Waals surface area contributed by atoms with Crippen LogP contribution >= 0.6 is 0 Å². The minimum absolute atomic E-state index is 0.0161. The van der Waals surface area contributed by atoms with Gasteiger partial charge in [-0.15, -0.1) is 0 Å². The number of aromatic nitrogens is 2. The van der Waals surface area contributed by atoms with Crippen molar-refractivity contribution in [2.75, 3.05) is 10.5 Å². The molecule has 1 heterocycles. The average Bonchev–Trinajstić information content (AvgIpc) is 2.58. The van der Waals surface area contributed by atoms with Crippen molar-refractivity contribution in [3.63, 3.8) is 0 Å². The Morgan fingerprint density at radius 3 is 2.67 bits per heavy atom. The molecule has 2 aromatic rings. The molecule has 6 nitrogen and oxygen atoms in total. The number of hydrogen-bond acceptors (Lipinski definition) is 4. The minimum atomic E-state index is -3.72. The first-order chi connectivity index (χ1) is 8.40. The molecular formula is C11H14N4O2S. The Hall–Kier alpha value is -2.02. The lowest BCUT2D eigenvalue weighted by molar-refractivity contribution is 0.592. The number of nitrogens with one attached hydrogen (secondary N) is 1. The summed E-state index contributed by atoms with van der Waals surface area (Å²) in [6, 6.07) is 7.08. The summed E-state index contributed by atoms with van der Waals surface area (Å²) in [5, 5.41) is -0.0380. The van der Waals surface area contributed by atoms with Crippen LogP contribution in [0.5, 0.6) is 0 Å². The predicted molar refractivity (Wildman–Crippen MR) is 69.6 cm³/mol. The Balaban J connectivity index is 2.39. The van der Waals surface area contributed by atoms with E-state index in [0.717, 1.165) is 5.56 Å². The fourth-order valence-corrected chi connectivity index (χ4v) is 2.96. The molecule has 18 heavy (non-hydrogen) atoms. The smallest absolute Gasteiger partial charge is 0.281 e. The fourth-order valence-electron chi connectivity index (χ4n) is 1.68. The van der Waals surface area contributed by atoms with Gasteiger partial charge >= 0.3 is 0 Å². The van der Waals surface area contributed by atoms with Crippen LogP contribution in [0.25, 0.3) is 0 Å². The maximum absolute atomic E-state index is 12.2. The summed E-state index contributed by atoms with van der Waals surface area (Å²) in [5.41, 5.74) is 7.02. The summed E-state index contributed by atoms with van der Waals surface area (Å²) in [7, 11) is -2.15. The van der Waals surface area contributed by atoms with Gasteiger partial charge in [0.25, 0.3) is 10.0 Å². The Kier molecular flexibility index (Phi) is 3.00. The highest BCUT2D eigenvalue weighted by Gasteiger charge is 2.22. The van der Waals surface area contributed by atoms with E-state index in [1.807, 2.05) is 13.0 Å². The van der Waals surface area contributed by atoms with Crippen LogP contribution in [0.15, 0.2) is 35.6 Å². The molecule has 0 bridgehead atoms. The number of nitrogens with two attached hydrogens (primary N) is 1. The number of anilines is 2. The van der Waals surface area contributed by atoms with Crippen molar-refractivity contribution in [3.8, 4) is 0 Å². The standard InChI is InChI=1S/C11H14N4O2S/c1-8-4-3-5-9(6-8)14-18(16,17)11-10(12)13-7-15(11)2/h3-7,14H,12H2,1-2H3. The van der Waals surface area contributed by atoms with E-state index < -0.39 is 10.0 Å². The SMILES string of the molecule is Cc1cccc(NS(=O)(=O)c2c(N)ncn2C)c1. The molecule has 0 saturated carbocycles. The molecule has 7 heteroatoms. The van der Waals surface area contributed by atoms with Crippen LogP contribution < -0.4 is 10.5 Å². The van der Waals surface area contributed by atoms with Crippen LogP contribution in [-0.2, 0) is 17.1 Å². The van der Waals surface area contributed by atoms with Gasteiger partial charge in [0.05, 0.1) is 6.33 Å². The van der Waals surface area contributed by atoms with Crippen LogP contribution in [0, 0.1) is 6.92 Å². The number of aryl methyl sites for hydroxylation is 2. The normalized spacial score (nSPS) is 11.4. The zero-order chi connectivity index (χ0) is 13.3. The van der Waals surface area contributed by atoms with E-state index in [1.165, 1.54) is 10.9 Å². The summed E-state index contributed by atoms with van der Waals surface area (Å²) in [4.78, 5) is 3.76. The van der Waals surface area contributed by atoms with Gasteiger partial charge in [-0.3, -0.25) is 4.72 Å². The first-order valence-electron chi connectivity index (χ1n) is 5.26. The molecule has 3 N–H and O–H groups in total.